The summed E-state index contributed by atoms with van der Waals surface area (Å²) in [5.41, 5.74) is 0.248. The quantitative estimate of drug-likeness (QED) is 0.849. The molecule has 0 amide bonds. The summed E-state index contributed by atoms with van der Waals surface area (Å²) in [4.78, 5) is 19.7. The third-order valence-electron chi connectivity index (χ3n) is 3.49. The molecule has 104 valence electrons. The second-order valence-electron chi connectivity index (χ2n) is 4.97. The Morgan fingerprint density at radius 1 is 1.21 bits per heavy atom. The number of nitrogens with zero attached hydrogens (tertiary/aromatic N) is 2. The Labute approximate surface area is 113 Å². The number of ether oxygens (including phenoxy) is 1. The molecule has 1 aliphatic rings. The van der Waals surface area contributed by atoms with Gasteiger partial charge in [0.15, 0.2) is 5.69 Å². The van der Waals surface area contributed by atoms with Crippen molar-refractivity contribution < 1.29 is 9.53 Å². The molecule has 2 rings (SSSR count). The van der Waals surface area contributed by atoms with Gasteiger partial charge < -0.3 is 10.1 Å². The van der Waals surface area contributed by atoms with Crippen LogP contribution >= 0.6 is 0 Å². The van der Waals surface area contributed by atoms with Crippen molar-refractivity contribution in [2.24, 2.45) is 0 Å². The van der Waals surface area contributed by atoms with E-state index in [1.807, 2.05) is 0 Å². The maximum Gasteiger partial charge on any atom is 0.358 e. The number of aromatic nitrogens is 2. The highest BCUT2D eigenvalue weighted by Gasteiger charge is 2.13. The molecular formula is C14H21N3O2. The van der Waals surface area contributed by atoms with Crippen molar-refractivity contribution in [2.75, 3.05) is 12.4 Å². The summed E-state index contributed by atoms with van der Waals surface area (Å²) in [6, 6.07) is 0.433. The van der Waals surface area contributed by atoms with Gasteiger partial charge in [0.25, 0.3) is 0 Å². The first-order valence-electron chi connectivity index (χ1n) is 6.96. The Bertz CT molecular complexity index is 415. The molecule has 19 heavy (non-hydrogen) atoms. The molecule has 0 saturated heterocycles. The van der Waals surface area contributed by atoms with Crippen LogP contribution in [0.4, 0.5) is 5.82 Å². The van der Waals surface area contributed by atoms with Gasteiger partial charge in [-0.15, -0.1) is 0 Å². The predicted octanol–water partition coefficient (Wildman–Crippen LogP) is 2.79. The van der Waals surface area contributed by atoms with Crippen molar-refractivity contribution in [2.45, 2.75) is 51.0 Å². The Morgan fingerprint density at radius 3 is 2.58 bits per heavy atom. The van der Waals surface area contributed by atoms with Crippen LogP contribution in [0.2, 0.25) is 0 Å². The van der Waals surface area contributed by atoms with Crippen LogP contribution in [0.1, 0.15) is 55.4 Å². The van der Waals surface area contributed by atoms with Crippen LogP contribution in [-0.2, 0) is 4.74 Å². The summed E-state index contributed by atoms with van der Waals surface area (Å²) >= 11 is 0. The highest BCUT2D eigenvalue weighted by Crippen LogP contribution is 2.19. The second kappa shape index (κ2) is 7.07. The summed E-state index contributed by atoms with van der Waals surface area (Å²) in [6.45, 7) is 0. The zero-order chi connectivity index (χ0) is 13.5. The third kappa shape index (κ3) is 4.19. The number of anilines is 1. The van der Waals surface area contributed by atoms with Crippen molar-refractivity contribution in [1.82, 2.24) is 9.97 Å². The van der Waals surface area contributed by atoms with Gasteiger partial charge >= 0.3 is 5.97 Å². The van der Waals surface area contributed by atoms with E-state index >= 15 is 0 Å². The molecule has 0 aromatic carbocycles. The fraction of sp³-hybridized carbons (Fsp3) is 0.643. The van der Waals surface area contributed by atoms with Crippen LogP contribution in [0.15, 0.2) is 12.4 Å². The molecule has 1 aromatic rings. The van der Waals surface area contributed by atoms with Gasteiger partial charge in [-0.05, 0) is 12.8 Å². The first-order valence-corrected chi connectivity index (χ1v) is 6.96. The lowest BCUT2D eigenvalue weighted by atomic mass is 9.97. The van der Waals surface area contributed by atoms with Gasteiger partial charge in [0.05, 0.1) is 19.5 Å². The molecule has 5 heteroatoms. The van der Waals surface area contributed by atoms with Crippen molar-refractivity contribution >= 4 is 11.8 Å². The number of hydrogen-bond donors (Lipinski definition) is 1. The van der Waals surface area contributed by atoms with Crippen LogP contribution in [-0.4, -0.2) is 29.1 Å². The maximum absolute atomic E-state index is 11.4. The van der Waals surface area contributed by atoms with E-state index in [1.54, 1.807) is 6.20 Å². The molecule has 5 nitrogen and oxygen atoms in total. The van der Waals surface area contributed by atoms with E-state index in [9.17, 15) is 4.79 Å². The molecule has 0 atom stereocenters. The molecule has 1 saturated carbocycles. The topological polar surface area (TPSA) is 64.1 Å². The second-order valence-corrected chi connectivity index (χ2v) is 4.97. The minimum absolute atomic E-state index is 0.248. The van der Waals surface area contributed by atoms with E-state index in [2.05, 4.69) is 20.0 Å². The van der Waals surface area contributed by atoms with Crippen molar-refractivity contribution in [1.29, 1.82) is 0 Å². The molecule has 0 aliphatic heterocycles. The van der Waals surface area contributed by atoms with Gasteiger partial charge in [0.2, 0.25) is 0 Å². The Morgan fingerprint density at radius 2 is 1.89 bits per heavy atom. The average Bonchev–Trinajstić information content (AvgIpc) is 2.41. The van der Waals surface area contributed by atoms with E-state index in [1.165, 1.54) is 45.4 Å². The van der Waals surface area contributed by atoms with E-state index < -0.39 is 5.97 Å². The number of rotatable bonds is 3. The normalized spacial score (nSPS) is 17.3. The molecule has 0 unspecified atom stereocenters. The average molecular weight is 263 g/mol. The van der Waals surface area contributed by atoms with Crippen molar-refractivity contribution in [3.63, 3.8) is 0 Å². The maximum atomic E-state index is 11.4. The van der Waals surface area contributed by atoms with Crippen LogP contribution in [0.5, 0.6) is 0 Å². The summed E-state index contributed by atoms with van der Waals surface area (Å²) in [7, 11) is 1.35. The predicted molar refractivity (Wildman–Crippen MR) is 73.1 cm³/mol. The highest BCUT2D eigenvalue weighted by atomic mass is 16.5. The lowest BCUT2D eigenvalue weighted by Crippen LogP contribution is -2.22. The molecule has 0 bridgehead atoms. The van der Waals surface area contributed by atoms with E-state index in [0.29, 0.717) is 11.9 Å². The van der Waals surface area contributed by atoms with Crippen LogP contribution in [0.25, 0.3) is 0 Å². The Balaban J connectivity index is 1.99. The number of nitrogens with one attached hydrogen (secondary N) is 1. The fourth-order valence-corrected chi connectivity index (χ4v) is 2.45. The first kappa shape index (κ1) is 13.8. The van der Waals surface area contributed by atoms with Gasteiger partial charge in [0.1, 0.15) is 5.82 Å². The van der Waals surface area contributed by atoms with Gasteiger partial charge in [-0.25, -0.2) is 9.78 Å². The lowest BCUT2D eigenvalue weighted by molar-refractivity contribution is 0.0593. The van der Waals surface area contributed by atoms with Gasteiger partial charge in [0, 0.05) is 6.04 Å². The van der Waals surface area contributed by atoms with Gasteiger partial charge in [-0.3, -0.25) is 4.98 Å². The van der Waals surface area contributed by atoms with E-state index in [0.717, 1.165) is 12.8 Å². The zero-order valence-corrected chi connectivity index (χ0v) is 11.4. The summed E-state index contributed by atoms with van der Waals surface area (Å²) in [5.74, 6) is 0.210. The minimum atomic E-state index is -0.450. The minimum Gasteiger partial charge on any atom is -0.464 e. The highest BCUT2D eigenvalue weighted by molar-refractivity contribution is 5.87. The molecule has 1 aromatic heterocycles. The standard InChI is InChI=1S/C14H21N3O2/c1-19-14(18)12-9-15-10-13(17-12)16-11-7-5-3-2-4-6-8-11/h9-11H,2-8H2,1H3,(H,16,17). The first-order chi connectivity index (χ1) is 9.29. The molecule has 1 aliphatic carbocycles. The van der Waals surface area contributed by atoms with E-state index in [-0.39, 0.29) is 5.69 Å². The smallest absolute Gasteiger partial charge is 0.358 e. The van der Waals surface area contributed by atoms with Gasteiger partial charge in [-0.2, -0.15) is 0 Å². The summed E-state index contributed by atoms with van der Waals surface area (Å²) in [6.07, 6.45) is 11.9. The lowest BCUT2D eigenvalue weighted by Gasteiger charge is -2.21. The molecule has 0 radical (unpaired) electrons. The summed E-state index contributed by atoms with van der Waals surface area (Å²) in [5, 5.41) is 3.39. The largest absolute Gasteiger partial charge is 0.464 e. The number of methoxy groups -OCH3 is 1. The van der Waals surface area contributed by atoms with Crippen LogP contribution in [0.3, 0.4) is 0 Å². The Kier molecular flexibility index (Phi) is 5.12. The van der Waals surface area contributed by atoms with Crippen LogP contribution in [0, 0.1) is 0 Å². The van der Waals surface area contributed by atoms with Crippen molar-refractivity contribution in [3.8, 4) is 0 Å². The molecule has 0 spiro atoms. The number of carbonyl (C=O) groups excluding carboxylic acids is 1. The van der Waals surface area contributed by atoms with Crippen LogP contribution < -0.4 is 5.32 Å². The fourth-order valence-electron chi connectivity index (χ4n) is 2.45. The summed E-state index contributed by atoms with van der Waals surface area (Å²) < 4.78 is 4.65. The van der Waals surface area contributed by atoms with Gasteiger partial charge in [-0.1, -0.05) is 32.1 Å². The SMILES string of the molecule is COC(=O)c1cncc(NC2CCCCCCC2)n1. The molecule has 1 fully saturated rings. The third-order valence-corrected chi connectivity index (χ3v) is 3.49. The monoisotopic (exact) mass is 263 g/mol. The van der Waals surface area contributed by atoms with Crippen molar-refractivity contribution in [3.05, 3.63) is 18.1 Å². The molecule has 1 heterocycles. The van der Waals surface area contributed by atoms with E-state index in [4.69, 9.17) is 0 Å². The Hall–Kier alpha value is -1.65. The molecule has 1 N–H and O–H groups in total. The number of carbonyl (C=O) groups is 1. The molecular weight excluding hydrogens is 242 g/mol. The zero-order valence-electron chi connectivity index (χ0n) is 11.4. The number of esters is 1. The number of hydrogen-bond acceptors (Lipinski definition) is 5.